The van der Waals surface area contributed by atoms with Crippen molar-refractivity contribution in [2.75, 3.05) is 26.4 Å². The SMILES string of the molecule is NC(CC(=O)OCCCCC(CO[N+](=O)[O-])O[N+](=O)[O-])C(=O)OCCCCC(CO[N+](=O)[O-])O[N+](=O)[O-]. The number of rotatable bonds is 23. The number of carbonyl (C=O) groups is 2. The summed E-state index contributed by atoms with van der Waals surface area (Å²) in [6.45, 7) is -1.55. The number of ether oxygens (including phenoxy) is 2. The standard InChI is InChI=1S/C16H27N5O16/c17-14(16(23)33-8-4-2-6-13(37-21(30)31)11-35-19(26)27)9-15(22)32-7-3-1-5-12(36-20(28)29)10-34-18(24)25/h12-14H,1-11,17H2. The van der Waals surface area contributed by atoms with Crippen LogP contribution in [0, 0.1) is 40.5 Å². The molecule has 0 saturated heterocycles. The van der Waals surface area contributed by atoms with Crippen LogP contribution in [0.2, 0.25) is 0 Å². The van der Waals surface area contributed by atoms with Crippen LogP contribution in [0.15, 0.2) is 0 Å². The first-order valence-corrected chi connectivity index (χ1v) is 10.7. The van der Waals surface area contributed by atoms with E-state index in [4.69, 9.17) is 15.2 Å². The van der Waals surface area contributed by atoms with Gasteiger partial charge in [-0.3, -0.25) is 9.59 Å². The van der Waals surface area contributed by atoms with Crippen molar-refractivity contribution >= 4 is 11.9 Å². The van der Waals surface area contributed by atoms with Gasteiger partial charge in [0.2, 0.25) is 0 Å². The van der Waals surface area contributed by atoms with Gasteiger partial charge < -0.3 is 34.6 Å². The second kappa shape index (κ2) is 19.0. The van der Waals surface area contributed by atoms with Gasteiger partial charge in [0.1, 0.15) is 31.5 Å². The first-order valence-electron chi connectivity index (χ1n) is 10.7. The largest absolute Gasteiger partial charge is 0.466 e. The summed E-state index contributed by atoms with van der Waals surface area (Å²) in [4.78, 5) is 81.3. The third-order valence-electron chi connectivity index (χ3n) is 4.24. The average Bonchev–Trinajstić information content (AvgIpc) is 2.79. The van der Waals surface area contributed by atoms with E-state index in [-0.39, 0.29) is 51.7 Å². The number of unbranched alkanes of at least 4 members (excludes halogenated alkanes) is 2. The molecule has 0 aromatic rings. The maximum Gasteiger partial charge on any atom is 0.323 e. The molecule has 0 amide bonds. The maximum atomic E-state index is 11.9. The molecule has 21 nitrogen and oxygen atoms in total. The summed E-state index contributed by atoms with van der Waals surface area (Å²) >= 11 is 0. The van der Waals surface area contributed by atoms with E-state index in [1.54, 1.807) is 0 Å². The average molecular weight is 545 g/mol. The molecule has 0 fully saturated rings. The lowest BCUT2D eigenvalue weighted by atomic mass is 10.1. The van der Waals surface area contributed by atoms with Gasteiger partial charge in [-0.2, -0.15) is 0 Å². The van der Waals surface area contributed by atoms with E-state index < -0.39 is 70.2 Å². The number of hydrogen-bond donors (Lipinski definition) is 1. The fourth-order valence-corrected chi connectivity index (χ4v) is 2.60. The predicted octanol–water partition coefficient (Wildman–Crippen LogP) is -0.299. The minimum Gasteiger partial charge on any atom is -0.466 e. The zero-order valence-electron chi connectivity index (χ0n) is 19.4. The molecule has 0 spiro atoms. The molecule has 21 heteroatoms. The highest BCUT2D eigenvalue weighted by Crippen LogP contribution is 2.09. The van der Waals surface area contributed by atoms with Crippen molar-refractivity contribution < 1.29 is 58.8 Å². The van der Waals surface area contributed by atoms with E-state index in [2.05, 4.69) is 19.4 Å². The zero-order chi connectivity index (χ0) is 28.2. The molecule has 0 aliphatic heterocycles. The first-order chi connectivity index (χ1) is 17.4. The molecule has 3 unspecified atom stereocenters. The number of nitrogens with zero attached hydrogens (tertiary/aromatic N) is 4. The van der Waals surface area contributed by atoms with E-state index in [9.17, 15) is 50.0 Å². The third-order valence-corrected chi connectivity index (χ3v) is 4.24. The summed E-state index contributed by atoms with van der Waals surface area (Å²) in [7, 11) is 0. The highest BCUT2D eigenvalue weighted by molar-refractivity contribution is 5.82. The van der Waals surface area contributed by atoms with Gasteiger partial charge in [-0.15, -0.1) is 40.5 Å². The topological polar surface area (TPSA) is 288 Å². The summed E-state index contributed by atoms with van der Waals surface area (Å²) in [5.74, 6) is -1.72. The van der Waals surface area contributed by atoms with Crippen molar-refractivity contribution in [1.82, 2.24) is 0 Å². The van der Waals surface area contributed by atoms with Gasteiger partial charge in [0.05, 0.1) is 19.6 Å². The summed E-state index contributed by atoms with van der Waals surface area (Å²) in [5, 5.41) is 36.7. The van der Waals surface area contributed by atoms with Crippen molar-refractivity contribution in [3.63, 3.8) is 0 Å². The Morgan fingerprint density at radius 2 is 1.11 bits per heavy atom. The Morgan fingerprint density at radius 1 is 0.676 bits per heavy atom. The molecule has 0 radical (unpaired) electrons. The van der Waals surface area contributed by atoms with Crippen LogP contribution in [0.5, 0.6) is 0 Å². The fourth-order valence-electron chi connectivity index (χ4n) is 2.60. The molecule has 0 saturated carbocycles. The molecule has 0 aromatic carbocycles. The minimum atomic E-state index is -1.33. The van der Waals surface area contributed by atoms with Gasteiger partial charge in [0.25, 0.3) is 20.3 Å². The Morgan fingerprint density at radius 3 is 1.51 bits per heavy atom. The Labute approximate surface area is 207 Å². The van der Waals surface area contributed by atoms with E-state index in [1.807, 2.05) is 0 Å². The molecule has 212 valence electrons. The second-order valence-electron chi connectivity index (χ2n) is 7.13. The van der Waals surface area contributed by atoms with Gasteiger partial charge in [-0.25, -0.2) is 0 Å². The van der Waals surface area contributed by atoms with E-state index in [0.29, 0.717) is 0 Å². The van der Waals surface area contributed by atoms with E-state index in [0.717, 1.165) is 0 Å². The molecule has 0 heterocycles. The van der Waals surface area contributed by atoms with Crippen LogP contribution in [-0.2, 0) is 38.4 Å². The highest BCUT2D eigenvalue weighted by Gasteiger charge is 2.21. The Bertz CT molecular complexity index is 767. The van der Waals surface area contributed by atoms with Crippen LogP contribution in [0.25, 0.3) is 0 Å². The van der Waals surface area contributed by atoms with Crippen molar-refractivity contribution in [3.8, 4) is 0 Å². The zero-order valence-corrected chi connectivity index (χ0v) is 19.4. The van der Waals surface area contributed by atoms with Gasteiger partial charge in [0, 0.05) is 0 Å². The molecule has 0 aromatic heterocycles. The lowest BCUT2D eigenvalue weighted by Gasteiger charge is -2.14. The second-order valence-corrected chi connectivity index (χ2v) is 7.13. The monoisotopic (exact) mass is 545 g/mol. The van der Waals surface area contributed by atoms with Crippen molar-refractivity contribution in [2.24, 2.45) is 5.73 Å². The van der Waals surface area contributed by atoms with Crippen LogP contribution in [0.3, 0.4) is 0 Å². The first kappa shape index (κ1) is 32.7. The van der Waals surface area contributed by atoms with Crippen LogP contribution in [-0.4, -0.2) is 77.0 Å². The molecule has 0 bridgehead atoms. The molecule has 0 rings (SSSR count). The Hall–Kier alpha value is -4.30. The molecule has 0 aliphatic carbocycles. The summed E-state index contributed by atoms with van der Waals surface area (Å²) in [5.41, 5.74) is 5.58. The summed E-state index contributed by atoms with van der Waals surface area (Å²) in [6, 6.07) is -1.33. The Balaban J connectivity index is 4.09. The number of hydrogen-bond acceptors (Lipinski definition) is 17. The van der Waals surface area contributed by atoms with Crippen molar-refractivity contribution in [1.29, 1.82) is 0 Å². The molecular formula is C16H27N5O16. The molecular weight excluding hydrogens is 518 g/mol. The Kier molecular flexibility index (Phi) is 16.8. The van der Waals surface area contributed by atoms with Gasteiger partial charge in [-0.05, 0) is 38.5 Å². The summed E-state index contributed by atoms with van der Waals surface area (Å²) in [6.07, 6.45) is -1.93. The minimum absolute atomic E-state index is 0.00636. The molecule has 0 aliphatic rings. The smallest absolute Gasteiger partial charge is 0.323 e. The maximum absolute atomic E-state index is 11.9. The van der Waals surface area contributed by atoms with Crippen LogP contribution in [0.4, 0.5) is 0 Å². The quantitative estimate of drug-likeness (QED) is 0.0745. The van der Waals surface area contributed by atoms with Gasteiger partial charge in [0.15, 0.2) is 0 Å². The predicted molar refractivity (Wildman–Crippen MR) is 112 cm³/mol. The number of nitrogens with two attached hydrogens (primary N) is 1. The van der Waals surface area contributed by atoms with Crippen LogP contribution in [0.1, 0.15) is 44.9 Å². The van der Waals surface area contributed by atoms with E-state index in [1.165, 1.54) is 0 Å². The molecule has 2 N–H and O–H groups in total. The highest BCUT2D eigenvalue weighted by atomic mass is 17.0. The number of carbonyl (C=O) groups excluding carboxylic acids is 2. The van der Waals surface area contributed by atoms with Gasteiger partial charge >= 0.3 is 11.9 Å². The summed E-state index contributed by atoms with van der Waals surface area (Å²) < 4.78 is 9.79. The fraction of sp³-hybridized carbons (Fsp3) is 0.875. The lowest BCUT2D eigenvalue weighted by molar-refractivity contribution is -0.790. The van der Waals surface area contributed by atoms with Crippen LogP contribution >= 0.6 is 0 Å². The van der Waals surface area contributed by atoms with Gasteiger partial charge in [-0.1, -0.05) is 0 Å². The number of esters is 2. The normalized spacial score (nSPS) is 12.8. The van der Waals surface area contributed by atoms with E-state index >= 15 is 0 Å². The third kappa shape index (κ3) is 19.7. The molecule has 3 atom stereocenters. The molecule has 37 heavy (non-hydrogen) atoms. The van der Waals surface area contributed by atoms with Crippen molar-refractivity contribution in [3.05, 3.63) is 40.5 Å². The van der Waals surface area contributed by atoms with Crippen molar-refractivity contribution in [2.45, 2.75) is 63.2 Å². The lowest BCUT2D eigenvalue weighted by Crippen LogP contribution is -2.35. The van der Waals surface area contributed by atoms with Crippen LogP contribution < -0.4 is 5.73 Å².